The van der Waals surface area contributed by atoms with Crippen LogP contribution in [-0.4, -0.2) is 17.7 Å². The smallest absolute Gasteiger partial charge is 0.264 e. The van der Waals surface area contributed by atoms with Gasteiger partial charge in [0.05, 0.1) is 17.2 Å². The van der Waals surface area contributed by atoms with Crippen LogP contribution in [0.1, 0.15) is 23.6 Å². The summed E-state index contributed by atoms with van der Waals surface area (Å²) < 4.78 is 11.8. The minimum atomic E-state index is -0.194. The van der Waals surface area contributed by atoms with Gasteiger partial charge in [-0.15, -0.1) is 0 Å². The third-order valence-corrected chi connectivity index (χ3v) is 6.23. The average molecular weight is 479 g/mol. The van der Waals surface area contributed by atoms with E-state index >= 15 is 0 Å². The molecule has 0 aliphatic carbocycles. The molecular weight excluding hydrogens is 456 g/mol. The largest absolute Gasteiger partial charge is 0.490 e. The minimum absolute atomic E-state index is 0.194. The molecule has 4 rings (SSSR count). The van der Waals surface area contributed by atoms with Crippen molar-refractivity contribution in [2.45, 2.75) is 20.5 Å². The van der Waals surface area contributed by atoms with Crippen molar-refractivity contribution in [2.24, 2.45) is 4.99 Å². The van der Waals surface area contributed by atoms with Crippen LogP contribution in [0.25, 0.3) is 6.08 Å². The molecule has 0 radical (unpaired) electrons. The van der Waals surface area contributed by atoms with Gasteiger partial charge in [0.25, 0.3) is 5.91 Å². The van der Waals surface area contributed by atoms with E-state index in [4.69, 9.17) is 21.1 Å². The molecule has 0 aromatic heterocycles. The summed E-state index contributed by atoms with van der Waals surface area (Å²) in [6.45, 7) is 4.78. The van der Waals surface area contributed by atoms with Gasteiger partial charge < -0.3 is 14.8 Å². The number of amides is 1. The van der Waals surface area contributed by atoms with Crippen LogP contribution in [0, 0.1) is 6.92 Å². The first-order valence-corrected chi connectivity index (χ1v) is 11.7. The zero-order valence-corrected chi connectivity index (χ0v) is 19.9. The molecule has 168 valence electrons. The Balaban J connectivity index is 1.53. The molecule has 0 atom stereocenters. The van der Waals surface area contributed by atoms with Crippen LogP contribution < -0.4 is 14.8 Å². The molecule has 5 nitrogen and oxygen atoms in total. The topological polar surface area (TPSA) is 59.9 Å². The van der Waals surface area contributed by atoms with Crippen molar-refractivity contribution in [1.29, 1.82) is 0 Å². The maximum Gasteiger partial charge on any atom is 0.264 e. The molecule has 3 aromatic carbocycles. The molecule has 33 heavy (non-hydrogen) atoms. The summed E-state index contributed by atoms with van der Waals surface area (Å²) in [6.07, 6.45) is 1.82. The second kappa shape index (κ2) is 10.6. The SMILES string of the molecule is CCOc1cc(/C=C2/SC(=Nc3cccc(Cl)c3C)NC2=O)ccc1OCc1ccccc1. The highest BCUT2D eigenvalue weighted by molar-refractivity contribution is 8.18. The molecule has 3 aromatic rings. The first kappa shape index (κ1) is 23.0. The number of hydrogen-bond donors (Lipinski definition) is 1. The van der Waals surface area contributed by atoms with Gasteiger partial charge in [-0.2, -0.15) is 0 Å². The Morgan fingerprint density at radius 1 is 1.03 bits per heavy atom. The van der Waals surface area contributed by atoms with Gasteiger partial charge in [0, 0.05) is 5.02 Å². The summed E-state index contributed by atoms with van der Waals surface area (Å²) in [4.78, 5) is 17.6. The Morgan fingerprint density at radius 2 is 1.85 bits per heavy atom. The Hall–Kier alpha value is -3.22. The predicted octanol–water partition coefficient (Wildman–Crippen LogP) is 6.52. The van der Waals surface area contributed by atoms with Crippen molar-refractivity contribution < 1.29 is 14.3 Å². The Labute approximate surface area is 202 Å². The van der Waals surface area contributed by atoms with E-state index < -0.39 is 0 Å². The molecule has 1 amide bonds. The Bertz CT molecular complexity index is 1230. The molecule has 7 heteroatoms. The zero-order valence-electron chi connectivity index (χ0n) is 18.3. The fourth-order valence-electron chi connectivity index (χ4n) is 3.20. The summed E-state index contributed by atoms with van der Waals surface area (Å²) in [7, 11) is 0. The second-order valence-corrected chi connectivity index (χ2v) is 8.72. The Kier molecular flexibility index (Phi) is 7.37. The standard InChI is InChI=1S/C26H23ClN2O3S/c1-3-31-23-14-19(12-13-22(23)32-16-18-8-5-4-6-9-18)15-24-25(30)29-26(33-24)28-21-11-7-10-20(27)17(21)2/h4-15H,3,16H2,1-2H3,(H,28,29,30)/b24-15+. The number of carbonyl (C=O) groups is 1. The summed E-state index contributed by atoms with van der Waals surface area (Å²) in [5.41, 5.74) is 3.51. The van der Waals surface area contributed by atoms with Crippen LogP contribution in [0.3, 0.4) is 0 Å². The molecule has 1 saturated heterocycles. The normalized spacial score (nSPS) is 15.7. The van der Waals surface area contributed by atoms with Crippen LogP contribution in [0.2, 0.25) is 5.02 Å². The number of rotatable bonds is 7. The van der Waals surface area contributed by atoms with Gasteiger partial charge in [0.1, 0.15) is 6.61 Å². The van der Waals surface area contributed by atoms with Crippen molar-refractivity contribution in [3.63, 3.8) is 0 Å². The number of ether oxygens (including phenoxy) is 2. The first-order valence-electron chi connectivity index (χ1n) is 10.5. The molecule has 1 N–H and O–H groups in total. The number of amidine groups is 1. The molecular formula is C26H23ClN2O3S. The number of aliphatic imine (C=N–C) groups is 1. The summed E-state index contributed by atoms with van der Waals surface area (Å²) >= 11 is 7.47. The van der Waals surface area contributed by atoms with Gasteiger partial charge in [0.2, 0.25) is 0 Å². The number of nitrogens with zero attached hydrogens (tertiary/aromatic N) is 1. The maximum atomic E-state index is 12.5. The monoisotopic (exact) mass is 478 g/mol. The Morgan fingerprint density at radius 3 is 2.64 bits per heavy atom. The van der Waals surface area contributed by atoms with Crippen LogP contribution in [-0.2, 0) is 11.4 Å². The lowest BCUT2D eigenvalue weighted by molar-refractivity contribution is -0.115. The molecule has 1 aliphatic heterocycles. The fourth-order valence-corrected chi connectivity index (χ4v) is 4.20. The number of nitrogens with one attached hydrogen (secondary N) is 1. The predicted molar refractivity (Wildman–Crippen MR) is 135 cm³/mol. The van der Waals surface area contributed by atoms with E-state index in [2.05, 4.69) is 10.3 Å². The van der Waals surface area contributed by atoms with E-state index in [9.17, 15) is 4.79 Å². The highest BCUT2D eigenvalue weighted by Crippen LogP contribution is 2.34. The number of halogens is 1. The molecule has 0 bridgehead atoms. The van der Waals surface area contributed by atoms with Gasteiger partial charge in [-0.05, 0) is 72.6 Å². The molecule has 0 spiro atoms. The van der Waals surface area contributed by atoms with Crippen LogP contribution in [0.4, 0.5) is 5.69 Å². The summed E-state index contributed by atoms with van der Waals surface area (Å²) in [5, 5.41) is 3.97. The number of hydrogen-bond acceptors (Lipinski definition) is 5. The molecule has 1 heterocycles. The molecule has 0 unspecified atom stereocenters. The second-order valence-electron chi connectivity index (χ2n) is 7.28. The van der Waals surface area contributed by atoms with E-state index in [1.807, 2.05) is 86.7 Å². The van der Waals surface area contributed by atoms with Crippen molar-refractivity contribution in [2.75, 3.05) is 6.61 Å². The number of carbonyl (C=O) groups excluding carboxylic acids is 1. The van der Waals surface area contributed by atoms with E-state index in [1.165, 1.54) is 11.8 Å². The van der Waals surface area contributed by atoms with Gasteiger partial charge in [-0.3, -0.25) is 4.79 Å². The highest BCUT2D eigenvalue weighted by atomic mass is 35.5. The minimum Gasteiger partial charge on any atom is -0.490 e. The first-order chi connectivity index (χ1) is 16.0. The number of benzene rings is 3. The lowest BCUT2D eigenvalue weighted by Gasteiger charge is -2.13. The van der Waals surface area contributed by atoms with Crippen LogP contribution in [0.15, 0.2) is 76.6 Å². The van der Waals surface area contributed by atoms with E-state index in [1.54, 1.807) is 0 Å². The van der Waals surface area contributed by atoms with Gasteiger partial charge in [-0.25, -0.2) is 4.99 Å². The highest BCUT2D eigenvalue weighted by Gasteiger charge is 2.24. The van der Waals surface area contributed by atoms with Gasteiger partial charge in [0.15, 0.2) is 16.7 Å². The third-order valence-electron chi connectivity index (χ3n) is 4.91. The molecule has 0 saturated carbocycles. The third kappa shape index (κ3) is 5.78. The maximum absolute atomic E-state index is 12.5. The quantitative estimate of drug-likeness (QED) is 0.393. The van der Waals surface area contributed by atoms with E-state index in [-0.39, 0.29) is 5.91 Å². The van der Waals surface area contributed by atoms with Crippen LogP contribution in [0.5, 0.6) is 11.5 Å². The lowest BCUT2D eigenvalue weighted by atomic mass is 10.2. The number of thioether (sulfide) groups is 1. The molecule has 1 fully saturated rings. The van der Waals surface area contributed by atoms with E-state index in [0.717, 1.165) is 22.4 Å². The lowest BCUT2D eigenvalue weighted by Crippen LogP contribution is -2.19. The van der Waals surface area contributed by atoms with Crippen molar-refractivity contribution in [1.82, 2.24) is 5.32 Å². The van der Waals surface area contributed by atoms with E-state index in [0.29, 0.717) is 39.8 Å². The van der Waals surface area contributed by atoms with Gasteiger partial charge in [-0.1, -0.05) is 54.1 Å². The summed E-state index contributed by atoms with van der Waals surface area (Å²) in [5.74, 6) is 1.10. The van der Waals surface area contributed by atoms with Crippen molar-refractivity contribution in [3.8, 4) is 11.5 Å². The summed E-state index contributed by atoms with van der Waals surface area (Å²) in [6, 6.07) is 21.1. The van der Waals surface area contributed by atoms with Crippen molar-refractivity contribution in [3.05, 3.63) is 93.3 Å². The average Bonchev–Trinajstić information content (AvgIpc) is 3.16. The zero-order chi connectivity index (χ0) is 23.2. The molecule has 1 aliphatic rings. The van der Waals surface area contributed by atoms with Crippen LogP contribution >= 0.6 is 23.4 Å². The van der Waals surface area contributed by atoms with Crippen molar-refractivity contribution >= 4 is 46.2 Å². The fraction of sp³-hybridized carbons (Fsp3) is 0.154. The van der Waals surface area contributed by atoms with Gasteiger partial charge >= 0.3 is 0 Å².